The van der Waals surface area contributed by atoms with Crippen molar-refractivity contribution < 1.29 is 9.72 Å². The third-order valence-electron chi connectivity index (χ3n) is 3.55. The fourth-order valence-electron chi connectivity index (χ4n) is 2.35. The topological polar surface area (TPSA) is 103 Å². The van der Waals surface area contributed by atoms with Crippen molar-refractivity contribution in [1.82, 2.24) is 20.3 Å². The Morgan fingerprint density at radius 2 is 1.84 bits per heavy atom. The van der Waals surface area contributed by atoms with Gasteiger partial charge in [0.05, 0.1) is 16.7 Å². The Morgan fingerprint density at radius 1 is 1.12 bits per heavy atom. The van der Waals surface area contributed by atoms with Crippen LogP contribution in [0.2, 0.25) is 0 Å². The molecule has 0 aliphatic heterocycles. The molecule has 0 fully saturated rings. The van der Waals surface area contributed by atoms with Crippen LogP contribution in [0.15, 0.2) is 60.8 Å². The average molecular weight is 337 g/mol. The summed E-state index contributed by atoms with van der Waals surface area (Å²) in [5, 5.41) is 21.7. The molecule has 0 spiro atoms. The van der Waals surface area contributed by atoms with Crippen LogP contribution in [0.1, 0.15) is 5.56 Å². The minimum atomic E-state index is -0.471. The molecule has 1 heterocycles. The van der Waals surface area contributed by atoms with Gasteiger partial charge in [-0.2, -0.15) is 0 Å². The number of nitro benzene ring substituents is 1. The van der Waals surface area contributed by atoms with Gasteiger partial charge in [-0.1, -0.05) is 47.7 Å². The van der Waals surface area contributed by atoms with Crippen LogP contribution in [0.25, 0.3) is 11.3 Å². The van der Waals surface area contributed by atoms with Gasteiger partial charge in [-0.15, -0.1) is 5.10 Å². The second-order valence-electron chi connectivity index (χ2n) is 5.34. The molecule has 2 aromatic carbocycles. The van der Waals surface area contributed by atoms with Crippen LogP contribution in [0.3, 0.4) is 0 Å². The molecule has 0 aliphatic rings. The van der Waals surface area contributed by atoms with Crippen molar-refractivity contribution in [2.24, 2.45) is 0 Å². The molecule has 1 amide bonds. The first kappa shape index (κ1) is 16.3. The zero-order chi connectivity index (χ0) is 17.6. The summed E-state index contributed by atoms with van der Waals surface area (Å²) in [7, 11) is 0. The third kappa shape index (κ3) is 4.05. The number of nitro groups is 1. The average Bonchev–Trinajstić information content (AvgIpc) is 3.09. The number of para-hydroxylation sites is 1. The van der Waals surface area contributed by atoms with Crippen LogP contribution in [0, 0.1) is 10.1 Å². The quantitative estimate of drug-likeness (QED) is 0.548. The fraction of sp³-hybridized carbons (Fsp3) is 0.118. The summed E-state index contributed by atoms with van der Waals surface area (Å²) in [6.07, 6.45) is 1.52. The van der Waals surface area contributed by atoms with Crippen molar-refractivity contribution >= 4 is 11.6 Å². The van der Waals surface area contributed by atoms with E-state index >= 15 is 0 Å². The number of nitrogens with zero attached hydrogens (tertiary/aromatic N) is 4. The van der Waals surface area contributed by atoms with Gasteiger partial charge in [-0.05, 0) is 11.6 Å². The fourth-order valence-corrected chi connectivity index (χ4v) is 2.35. The summed E-state index contributed by atoms with van der Waals surface area (Å²) in [5.41, 5.74) is 1.66. The maximum Gasteiger partial charge on any atom is 0.278 e. The number of nitrogens with one attached hydrogen (secondary N) is 1. The molecule has 0 bridgehead atoms. The standard InChI is InChI=1S/C17H15N5O3/c23-17(18-10-13-6-2-1-3-7-13)12-21-11-15(19-20-21)14-8-4-5-9-16(14)22(24)25/h1-9,11H,10,12H2,(H,18,23). The Kier molecular flexibility index (Phi) is 4.79. The van der Waals surface area contributed by atoms with E-state index in [4.69, 9.17) is 0 Å². The third-order valence-corrected chi connectivity index (χ3v) is 3.55. The second-order valence-corrected chi connectivity index (χ2v) is 5.34. The number of benzene rings is 2. The molecule has 126 valence electrons. The number of hydrogen-bond donors (Lipinski definition) is 1. The van der Waals surface area contributed by atoms with Crippen molar-refractivity contribution in [2.45, 2.75) is 13.1 Å². The maximum absolute atomic E-state index is 12.0. The highest BCUT2D eigenvalue weighted by Crippen LogP contribution is 2.27. The largest absolute Gasteiger partial charge is 0.350 e. The lowest BCUT2D eigenvalue weighted by molar-refractivity contribution is -0.384. The lowest BCUT2D eigenvalue weighted by Gasteiger charge is -2.04. The predicted molar refractivity (Wildman–Crippen MR) is 90.4 cm³/mol. The molecule has 0 saturated heterocycles. The first-order valence-electron chi connectivity index (χ1n) is 7.58. The van der Waals surface area contributed by atoms with Gasteiger partial charge >= 0.3 is 0 Å². The summed E-state index contributed by atoms with van der Waals surface area (Å²) < 4.78 is 1.35. The Balaban J connectivity index is 1.66. The summed E-state index contributed by atoms with van der Waals surface area (Å²) in [6, 6.07) is 15.8. The molecule has 0 radical (unpaired) electrons. The number of rotatable bonds is 6. The molecule has 8 heteroatoms. The van der Waals surface area contributed by atoms with E-state index in [-0.39, 0.29) is 18.1 Å². The van der Waals surface area contributed by atoms with Gasteiger partial charge in [-0.3, -0.25) is 14.9 Å². The van der Waals surface area contributed by atoms with Crippen LogP contribution in [0.5, 0.6) is 0 Å². The van der Waals surface area contributed by atoms with Crippen LogP contribution in [-0.2, 0) is 17.9 Å². The Bertz CT molecular complexity index is 892. The Hall–Kier alpha value is -3.55. The lowest BCUT2D eigenvalue weighted by atomic mass is 10.1. The molecule has 0 atom stereocenters. The summed E-state index contributed by atoms with van der Waals surface area (Å²) in [6.45, 7) is 0.409. The van der Waals surface area contributed by atoms with Crippen molar-refractivity contribution in [2.75, 3.05) is 0 Å². The molecule has 3 rings (SSSR count). The molecule has 25 heavy (non-hydrogen) atoms. The second kappa shape index (κ2) is 7.35. The van der Waals surface area contributed by atoms with E-state index in [1.54, 1.807) is 18.2 Å². The summed E-state index contributed by atoms with van der Waals surface area (Å²) in [5.74, 6) is -0.220. The minimum absolute atomic E-state index is 0.0134. The highest BCUT2D eigenvalue weighted by molar-refractivity contribution is 5.76. The number of carbonyl (C=O) groups excluding carboxylic acids is 1. The van der Waals surface area contributed by atoms with Crippen LogP contribution < -0.4 is 5.32 Å². The van der Waals surface area contributed by atoms with E-state index in [1.807, 2.05) is 30.3 Å². The molecule has 0 saturated carbocycles. The van der Waals surface area contributed by atoms with Gasteiger partial charge in [0.15, 0.2) is 0 Å². The first-order valence-corrected chi connectivity index (χ1v) is 7.58. The van der Waals surface area contributed by atoms with Crippen LogP contribution >= 0.6 is 0 Å². The minimum Gasteiger partial charge on any atom is -0.350 e. The molecule has 1 N–H and O–H groups in total. The maximum atomic E-state index is 12.0. The van der Waals surface area contributed by atoms with Gasteiger partial charge in [-0.25, -0.2) is 4.68 Å². The van der Waals surface area contributed by atoms with Crippen molar-refractivity contribution in [3.05, 3.63) is 76.5 Å². The monoisotopic (exact) mass is 337 g/mol. The normalized spacial score (nSPS) is 10.4. The number of carbonyl (C=O) groups is 1. The van der Waals surface area contributed by atoms with E-state index < -0.39 is 4.92 Å². The van der Waals surface area contributed by atoms with Gasteiger partial charge in [0.2, 0.25) is 5.91 Å². The van der Waals surface area contributed by atoms with Crippen LogP contribution in [-0.4, -0.2) is 25.8 Å². The summed E-state index contributed by atoms with van der Waals surface area (Å²) in [4.78, 5) is 22.6. The highest BCUT2D eigenvalue weighted by Gasteiger charge is 2.17. The van der Waals surface area contributed by atoms with E-state index in [0.29, 0.717) is 17.8 Å². The SMILES string of the molecule is O=C(Cn1cc(-c2ccccc2[N+](=O)[O-])nn1)NCc1ccccc1. The first-order chi connectivity index (χ1) is 12.1. The Morgan fingerprint density at radius 3 is 2.60 bits per heavy atom. The van der Waals surface area contributed by atoms with E-state index in [9.17, 15) is 14.9 Å². The molecule has 3 aromatic rings. The van der Waals surface area contributed by atoms with Gasteiger partial charge in [0.25, 0.3) is 5.69 Å². The lowest BCUT2D eigenvalue weighted by Crippen LogP contribution is -2.27. The molecule has 8 nitrogen and oxygen atoms in total. The van der Waals surface area contributed by atoms with E-state index in [1.165, 1.54) is 16.9 Å². The van der Waals surface area contributed by atoms with Crippen molar-refractivity contribution in [3.63, 3.8) is 0 Å². The number of hydrogen-bond acceptors (Lipinski definition) is 5. The molecule has 0 unspecified atom stereocenters. The summed E-state index contributed by atoms with van der Waals surface area (Å²) >= 11 is 0. The number of amides is 1. The number of aromatic nitrogens is 3. The van der Waals surface area contributed by atoms with Gasteiger partial charge in [0.1, 0.15) is 12.2 Å². The van der Waals surface area contributed by atoms with E-state index in [0.717, 1.165) is 5.56 Å². The van der Waals surface area contributed by atoms with Crippen molar-refractivity contribution in [1.29, 1.82) is 0 Å². The zero-order valence-corrected chi connectivity index (χ0v) is 13.2. The van der Waals surface area contributed by atoms with Gasteiger partial charge in [0, 0.05) is 12.6 Å². The molecule has 0 aliphatic carbocycles. The van der Waals surface area contributed by atoms with E-state index in [2.05, 4.69) is 15.6 Å². The van der Waals surface area contributed by atoms with Crippen LogP contribution in [0.4, 0.5) is 5.69 Å². The molecular formula is C17H15N5O3. The molecule has 1 aromatic heterocycles. The van der Waals surface area contributed by atoms with Crippen molar-refractivity contribution in [3.8, 4) is 11.3 Å². The highest BCUT2D eigenvalue weighted by atomic mass is 16.6. The Labute approximate surface area is 143 Å². The predicted octanol–water partition coefficient (Wildman–Crippen LogP) is 2.17. The molecular weight excluding hydrogens is 322 g/mol. The zero-order valence-electron chi connectivity index (χ0n) is 13.2. The van der Waals surface area contributed by atoms with Gasteiger partial charge < -0.3 is 5.32 Å². The smallest absolute Gasteiger partial charge is 0.278 e.